The van der Waals surface area contributed by atoms with Gasteiger partial charge in [0.25, 0.3) is 10.0 Å². The molecule has 6 heteroatoms. The van der Waals surface area contributed by atoms with Crippen molar-refractivity contribution in [1.82, 2.24) is 9.62 Å². The minimum absolute atomic E-state index is 0.0663. The third kappa shape index (κ3) is 4.10. The largest absolute Gasteiger partial charge is 0.333 e. The van der Waals surface area contributed by atoms with Crippen molar-refractivity contribution in [3.8, 4) is 0 Å². The Labute approximate surface area is 137 Å². The molecular weight excluding hydrogens is 312 g/mol. The molecule has 0 aliphatic rings. The number of hydrogen-bond donors (Lipinski definition) is 1. The fraction of sp³-hybridized carbons (Fsp3) is 0.235. The number of nitrogens with one attached hydrogen (secondary N) is 1. The molecule has 0 heterocycles. The summed E-state index contributed by atoms with van der Waals surface area (Å²) in [4.78, 5) is 12.4. The first kappa shape index (κ1) is 17.0. The highest BCUT2D eigenvalue weighted by molar-refractivity contribution is 7.89. The van der Waals surface area contributed by atoms with Crippen molar-refractivity contribution in [3.05, 3.63) is 65.7 Å². The summed E-state index contributed by atoms with van der Waals surface area (Å²) in [7, 11) is -3.85. The van der Waals surface area contributed by atoms with Gasteiger partial charge in [0.2, 0.25) is 0 Å². The highest BCUT2D eigenvalue weighted by Gasteiger charge is 2.27. The number of carbonyl (C=O) groups excluding carboxylic acids is 1. The van der Waals surface area contributed by atoms with E-state index in [1.165, 1.54) is 12.1 Å². The van der Waals surface area contributed by atoms with Gasteiger partial charge in [-0.15, -0.1) is 0 Å². The van der Waals surface area contributed by atoms with Crippen molar-refractivity contribution in [2.24, 2.45) is 0 Å². The van der Waals surface area contributed by atoms with E-state index in [2.05, 4.69) is 5.32 Å². The SMILES string of the molecule is CCN(C(=O)NCc1ccccc1)S(=O)(=O)c1ccc(C)cc1. The summed E-state index contributed by atoms with van der Waals surface area (Å²) in [5, 5.41) is 2.65. The first-order valence-corrected chi connectivity index (χ1v) is 8.80. The summed E-state index contributed by atoms with van der Waals surface area (Å²) in [6.07, 6.45) is 0. The van der Waals surface area contributed by atoms with E-state index in [-0.39, 0.29) is 18.0 Å². The summed E-state index contributed by atoms with van der Waals surface area (Å²) in [6.45, 7) is 3.85. The van der Waals surface area contributed by atoms with Gasteiger partial charge in [0.15, 0.2) is 0 Å². The molecular formula is C17H20N2O3S. The predicted molar refractivity (Wildman–Crippen MR) is 89.4 cm³/mol. The van der Waals surface area contributed by atoms with E-state index in [0.717, 1.165) is 15.4 Å². The highest BCUT2D eigenvalue weighted by atomic mass is 32.2. The lowest BCUT2D eigenvalue weighted by Gasteiger charge is -2.21. The molecule has 2 aromatic rings. The molecule has 0 saturated heterocycles. The molecule has 0 saturated carbocycles. The molecule has 0 aliphatic heterocycles. The van der Waals surface area contributed by atoms with Crippen LogP contribution in [0.4, 0.5) is 4.79 Å². The molecule has 1 N–H and O–H groups in total. The molecule has 122 valence electrons. The maximum Gasteiger partial charge on any atom is 0.331 e. The molecule has 5 nitrogen and oxygen atoms in total. The number of benzene rings is 2. The van der Waals surface area contributed by atoms with Gasteiger partial charge in [-0.25, -0.2) is 17.5 Å². The molecule has 0 aromatic heterocycles. The van der Waals surface area contributed by atoms with E-state index in [4.69, 9.17) is 0 Å². The number of sulfonamides is 1. The van der Waals surface area contributed by atoms with Crippen LogP contribution in [0.2, 0.25) is 0 Å². The van der Waals surface area contributed by atoms with Crippen LogP contribution < -0.4 is 5.32 Å². The summed E-state index contributed by atoms with van der Waals surface area (Å²) in [5.41, 5.74) is 1.87. The Balaban J connectivity index is 2.14. The smallest absolute Gasteiger partial charge is 0.331 e. The van der Waals surface area contributed by atoms with Gasteiger partial charge in [0, 0.05) is 13.1 Å². The van der Waals surface area contributed by atoms with Crippen LogP contribution in [0, 0.1) is 6.92 Å². The second kappa shape index (κ2) is 7.28. The number of hydrogen-bond acceptors (Lipinski definition) is 3. The second-order valence-corrected chi connectivity index (χ2v) is 6.99. The molecule has 2 aromatic carbocycles. The van der Waals surface area contributed by atoms with Gasteiger partial charge in [0.05, 0.1) is 4.90 Å². The Hall–Kier alpha value is -2.34. The summed E-state index contributed by atoms with van der Waals surface area (Å²) in [6, 6.07) is 15.2. The molecule has 0 atom stereocenters. The zero-order valence-corrected chi connectivity index (χ0v) is 14.0. The normalized spacial score (nSPS) is 11.0. The van der Waals surface area contributed by atoms with Gasteiger partial charge >= 0.3 is 6.03 Å². The molecule has 0 fully saturated rings. The van der Waals surface area contributed by atoms with Crippen LogP contribution >= 0.6 is 0 Å². The summed E-state index contributed by atoms with van der Waals surface area (Å²) in [5.74, 6) is 0. The van der Waals surface area contributed by atoms with E-state index in [0.29, 0.717) is 0 Å². The van der Waals surface area contributed by atoms with Crippen LogP contribution in [0.5, 0.6) is 0 Å². The Kier molecular flexibility index (Phi) is 5.39. The summed E-state index contributed by atoms with van der Waals surface area (Å²) >= 11 is 0. The minimum atomic E-state index is -3.85. The average Bonchev–Trinajstić information content (AvgIpc) is 2.54. The molecule has 0 radical (unpaired) electrons. The molecule has 2 rings (SSSR count). The minimum Gasteiger partial charge on any atom is -0.333 e. The highest BCUT2D eigenvalue weighted by Crippen LogP contribution is 2.16. The standard InChI is InChI=1S/C17H20N2O3S/c1-3-19(17(20)18-13-15-7-5-4-6-8-15)23(21,22)16-11-9-14(2)10-12-16/h4-12H,3,13H2,1-2H3,(H,18,20). The average molecular weight is 332 g/mol. The maximum atomic E-state index is 12.6. The van der Waals surface area contributed by atoms with Crippen molar-refractivity contribution in [1.29, 1.82) is 0 Å². The monoisotopic (exact) mass is 332 g/mol. The van der Waals surface area contributed by atoms with E-state index in [9.17, 15) is 13.2 Å². The van der Waals surface area contributed by atoms with E-state index < -0.39 is 16.1 Å². The molecule has 0 aliphatic carbocycles. The Bertz CT molecular complexity index is 756. The van der Waals surface area contributed by atoms with Gasteiger partial charge in [-0.1, -0.05) is 48.0 Å². The maximum absolute atomic E-state index is 12.6. The van der Waals surface area contributed by atoms with Crippen molar-refractivity contribution < 1.29 is 13.2 Å². The fourth-order valence-corrected chi connectivity index (χ4v) is 3.48. The van der Waals surface area contributed by atoms with Crippen LogP contribution in [0.25, 0.3) is 0 Å². The van der Waals surface area contributed by atoms with Crippen molar-refractivity contribution in [2.45, 2.75) is 25.3 Å². The lowest BCUT2D eigenvalue weighted by atomic mass is 10.2. The zero-order chi connectivity index (χ0) is 16.9. The van der Waals surface area contributed by atoms with Crippen LogP contribution in [-0.4, -0.2) is 25.3 Å². The molecule has 0 spiro atoms. The van der Waals surface area contributed by atoms with E-state index >= 15 is 0 Å². The van der Waals surface area contributed by atoms with Crippen LogP contribution in [0.1, 0.15) is 18.1 Å². The molecule has 0 bridgehead atoms. The van der Waals surface area contributed by atoms with Gasteiger partial charge in [-0.3, -0.25) is 0 Å². The summed E-state index contributed by atoms with van der Waals surface area (Å²) < 4.78 is 26.0. The number of urea groups is 1. The molecule has 23 heavy (non-hydrogen) atoms. The third-order valence-electron chi connectivity index (χ3n) is 3.41. The van der Waals surface area contributed by atoms with E-state index in [1.54, 1.807) is 19.1 Å². The zero-order valence-electron chi connectivity index (χ0n) is 13.2. The quantitative estimate of drug-likeness (QED) is 0.915. The van der Waals surface area contributed by atoms with Crippen LogP contribution in [0.3, 0.4) is 0 Å². The number of amides is 2. The predicted octanol–water partition coefficient (Wildman–Crippen LogP) is 2.92. The number of rotatable bonds is 5. The lowest BCUT2D eigenvalue weighted by Crippen LogP contribution is -2.43. The number of nitrogens with zero attached hydrogens (tertiary/aromatic N) is 1. The Morgan fingerprint density at radius 1 is 1.04 bits per heavy atom. The van der Waals surface area contributed by atoms with Crippen molar-refractivity contribution in [2.75, 3.05) is 6.54 Å². The Morgan fingerprint density at radius 2 is 1.65 bits per heavy atom. The lowest BCUT2D eigenvalue weighted by molar-refractivity contribution is 0.224. The first-order chi connectivity index (χ1) is 10.9. The second-order valence-electron chi connectivity index (χ2n) is 5.13. The first-order valence-electron chi connectivity index (χ1n) is 7.36. The Morgan fingerprint density at radius 3 is 2.22 bits per heavy atom. The van der Waals surface area contributed by atoms with Gasteiger partial charge < -0.3 is 5.32 Å². The molecule has 2 amide bonds. The van der Waals surface area contributed by atoms with Gasteiger partial charge in [-0.2, -0.15) is 0 Å². The number of carbonyl (C=O) groups is 1. The topological polar surface area (TPSA) is 66.5 Å². The van der Waals surface area contributed by atoms with Crippen molar-refractivity contribution >= 4 is 16.1 Å². The van der Waals surface area contributed by atoms with Crippen LogP contribution in [-0.2, 0) is 16.6 Å². The fourth-order valence-electron chi connectivity index (χ4n) is 2.12. The van der Waals surface area contributed by atoms with Crippen LogP contribution in [0.15, 0.2) is 59.5 Å². The number of aryl methyl sites for hydroxylation is 1. The van der Waals surface area contributed by atoms with Crippen molar-refractivity contribution in [3.63, 3.8) is 0 Å². The molecule has 0 unspecified atom stereocenters. The third-order valence-corrected chi connectivity index (χ3v) is 5.28. The van der Waals surface area contributed by atoms with Gasteiger partial charge in [-0.05, 0) is 31.5 Å². The van der Waals surface area contributed by atoms with E-state index in [1.807, 2.05) is 37.3 Å². The van der Waals surface area contributed by atoms with Gasteiger partial charge in [0.1, 0.15) is 0 Å².